The number of alkyl halides is 2. The summed E-state index contributed by atoms with van der Waals surface area (Å²) >= 11 is 18.0. The number of rotatable bonds is 5. The minimum Gasteiger partial charge on any atom is -0.464 e. The van der Waals surface area contributed by atoms with E-state index in [-0.39, 0.29) is 5.88 Å². The molecule has 2 rings (SSSR count). The van der Waals surface area contributed by atoms with Gasteiger partial charge in [0.2, 0.25) is 0 Å². The third-order valence-electron chi connectivity index (χ3n) is 3.20. The lowest BCUT2D eigenvalue weighted by atomic mass is 10.0. The Morgan fingerprint density at radius 3 is 2.60 bits per heavy atom. The number of cyclic esters (lactones) is 1. The summed E-state index contributed by atoms with van der Waals surface area (Å²) in [6.45, 7) is 0.834. The van der Waals surface area contributed by atoms with E-state index in [0.29, 0.717) is 30.3 Å². The van der Waals surface area contributed by atoms with Crippen LogP contribution in [0.3, 0.4) is 0 Å². The molecule has 20 heavy (non-hydrogen) atoms. The van der Waals surface area contributed by atoms with Gasteiger partial charge < -0.3 is 4.74 Å². The molecule has 1 heterocycles. The highest BCUT2D eigenvalue weighted by atomic mass is 35.5. The fourth-order valence-electron chi connectivity index (χ4n) is 2.01. The first kappa shape index (κ1) is 15.6. The first-order chi connectivity index (χ1) is 9.56. The minimum atomic E-state index is -1.18. The highest BCUT2D eigenvalue weighted by Crippen LogP contribution is 2.30. The van der Waals surface area contributed by atoms with Crippen LogP contribution in [0.15, 0.2) is 29.3 Å². The molecule has 1 fully saturated rings. The second-order valence-corrected chi connectivity index (χ2v) is 5.87. The summed E-state index contributed by atoms with van der Waals surface area (Å²) in [5.74, 6) is -0.329. The molecule has 6 heteroatoms. The van der Waals surface area contributed by atoms with Crippen LogP contribution < -0.4 is 0 Å². The number of carbonyl (C=O) groups excluding carboxylic acids is 1. The van der Waals surface area contributed by atoms with Crippen LogP contribution in [0.1, 0.15) is 12.0 Å². The lowest BCUT2D eigenvalue weighted by molar-refractivity contribution is -0.138. The number of esters is 1. The van der Waals surface area contributed by atoms with Crippen molar-refractivity contribution in [2.45, 2.75) is 17.7 Å². The standard InChI is InChI=1S/C14H14Cl3NO2/c15-9-12(14(17)6-8-20-13(14)19)18-7-5-10-1-3-11(16)4-2-10/h1-4H,5-9H2. The zero-order valence-electron chi connectivity index (χ0n) is 10.7. The number of ether oxygens (including phenoxy) is 1. The van der Waals surface area contributed by atoms with Gasteiger partial charge in [-0.25, -0.2) is 4.79 Å². The molecule has 1 aliphatic heterocycles. The Bertz CT molecular complexity index is 516. The van der Waals surface area contributed by atoms with Gasteiger partial charge in [-0.3, -0.25) is 4.99 Å². The topological polar surface area (TPSA) is 38.7 Å². The fraction of sp³-hybridized carbons (Fsp3) is 0.429. The summed E-state index contributed by atoms with van der Waals surface area (Å²) in [6.07, 6.45) is 1.15. The fourth-order valence-corrected chi connectivity index (χ4v) is 2.77. The molecule has 0 amide bonds. The van der Waals surface area contributed by atoms with Crippen molar-refractivity contribution in [1.82, 2.24) is 0 Å². The summed E-state index contributed by atoms with van der Waals surface area (Å²) in [4.78, 5) is 14.9. The average Bonchev–Trinajstić information content (AvgIpc) is 2.78. The highest BCUT2D eigenvalue weighted by molar-refractivity contribution is 6.50. The number of hydrogen-bond donors (Lipinski definition) is 0. The first-order valence-electron chi connectivity index (χ1n) is 6.26. The van der Waals surface area contributed by atoms with Crippen molar-refractivity contribution in [2.75, 3.05) is 19.0 Å². The van der Waals surface area contributed by atoms with E-state index >= 15 is 0 Å². The van der Waals surface area contributed by atoms with Crippen molar-refractivity contribution in [1.29, 1.82) is 0 Å². The second kappa shape index (κ2) is 6.79. The maximum absolute atomic E-state index is 11.7. The van der Waals surface area contributed by atoms with Crippen molar-refractivity contribution >= 4 is 46.5 Å². The van der Waals surface area contributed by atoms with Gasteiger partial charge in [-0.1, -0.05) is 35.3 Å². The Balaban J connectivity index is 2.01. The van der Waals surface area contributed by atoms with Crippen LogP contribution in [0.2, 0.25) is 5.02 Å². The predicted octanol–water partition coefficient (Wildman–Crippen LogP) is 3.49. The van der Waals surface area contributed by atoms with Crippen LogP contribution in [-0.2, 0) is 16.0 Å². The molecule has 0 bridgehead atoms. The summed E-state index contributed by atoms with van der Waals surface area (Å²) in [6, 6.07) is 7.55. The van der Waals surface area contributed by atoms with E-state index in [1.807, 2.05) is 24.3 Å². The number of carbonyl (C=O) groups is 1. The molecule has 0 aromatic heterocycles. The molecule has 108 valence electrons. The van der Waals surface area contributed by atoms with Crippen LogP contribution in [0.25, 0.3) is 0 Å². The molecule has 0 radical (unpaired) electrons. The Morgan fingerprint density at radius 2 is 2.05 bits per heavy atom. The third kappa shape index (κ3) is 3.46. The highest BCUT2D eigenvalue weighted by Gasteiger charge is 2.46. The first-order valence-corrected chi connectivity index (χ1v) is 7.55. The molecule has 1 aromatic carbocycles. The largest absolute Gasteiger partial charge is 0.464 e. The molecule has 1 aliphatic rings. The zero-order chi connectivity index (χ0) is 14.6. The lowest BCUT2D eigenvalue weighted by Crippen LogP contribution is -2.38. The molecule has 1 saturated heterocycles. The summed E-state index contributed by atoms with van der Waals surface area (Å²) in [5, 5.41) is 0.701. The average molecular weight is 335 g/mol. The van der Waals surface area contributed by atoms with Gasteiger partial charge in [0, 0.05) is 18.0 Å². The Hall–Kier alpha value is -0.770. The molecular weight excluding hydrogens is 321 g/mol. The SMILES string of the molecule is O=C1OCCC1(Cl)C(CCl)=NCCc1ccc(Cl)cc1. The molecule has 0 saturated carbocycles. The van der Waals surface area contributed by atoms with Gasteiger partial charge in [-0.2, -0.15) is 0 Å². The zero-order valence-corrected chi connectivity index (χ0v) is 13.0. The number of benzene rings is 1. The third-order valence-corrected chi connectivity index (χ3v) is 4.27. The van der Waals surface area contributed by atoms with E-state index in [9.17, 15) is 4.79 Å². The van der Waals surface area contributed by atoms with Gasteiger partial charge in [0.1, 0.15) is 0 Å². The van der Waals surface area contributed by atoms with Crippen LogP contribution in [0.4, 0.5) is 0 Å². The smallest absolute Gasteiger partial charge is 0.333 e. The van der Waals surface area contributed by atoms with E-state index < -0.39 is 10.8 Å². The van der Waals surface area contributed by atoms with Gasteiger partial charge in [0.15, 0.2) is 4.87 Å². The molecule has 1 atom stereocenters. The van der Waals surface area contributed by atoms with E-state index in [2.05, 4.69) is 4.99 Å². The summed E-state index contributed by atoms with van der Waals surface area (Å²) < 4.78 is 4.90. The van der Waals surface area contributed by atoms with Gasteiger partial charge in [0.25, 0.3) is 0 Å². The maximum Gasteiger partial charge on any atom is 0.333 e. The molecule has 0 N–H and O–H groups in total. The van der Waals surface area contributed by atoms with Crippen LogP contribution in [0, 0.1) is 0 Å². The number of halogens is 3. The quantitative estimate of drug-likeness (QED) is 0.470. The molecule has 0 spiro atoms. The Morgan fingerprint density at radius 1 is 1.35 bits per heavy atom. The van der Waals surface area contributed by atoms with Gasteiger partial charge in [0.05, 0.1) is 18.2 Å². The van der Waals surface area contributed by atoms with Gasteiger partial charge in [-0.15, -0.1) is 11.6 Å². The van der Waals surface area contributed by atoms with Crippen molar-refractivity contribution in [3.8, 4) is 0 Å². The molecule has 0 aliphatic carbocycles. The normalized spacial score (nSPS) is 22.9. The Kier molecular flexibility index (Phi) is 5.30. The van der Waals surface area contributed by atoms with E-state index in [1.165, 1.54) is 0 Å². The van der Waals surface area contributed by atoms with Crippen LogP contribution >= 0.6 is 34.8 Å². The number of aliphatic imine (C=N–C) groups is 1. The van der Waals surface area contributed by atoms with Crippen LogP contribution in [0.5, 0.6) is 0 Å². The molecule has 1 unspecified atom stereocenters. The summed E-state index contributed by atoms with van der Waals surface area (Å²) in [5.41, 5.74) is 1.60. The molecular formula is C14H14Cl3NO2. The van der Waals surface area contributed by atoms with Crippen LogP contribution in [-0.4, -0.2) is 35.6 Å². The van der Waals surface area contributed by atoms with Crippen molar-refractivity contribution < 1.29 is 9.53 Å². The van der Waals surface area contributed by atoms with E-state index in [4.69, 9.17) is 39.5 Å². The summed E-state index contributed by atoms with van der Waals surface area (Å²) in [7, 11) is 0. The van der Waals surface area contributed by atoms with Crippen molar-refractivity contribution in [2.24, 2.45) is 4.99 Å². The van der Waals surface area contributed by atoms with Crippen molar-refractivity contribution in [3.63, 3.8) is 0 Å². The molecule has 1 aromatic rings. The van der Waals surface area contributed by atoms with Crippen molar-refractivity contribution in [3.05, 3.63) is 34.9 Å². The van der Waals surface area contributed by atoms with Gasteiger partial charge >= 0.3 is 5.97 Å². The monoisotopic (exact) mass is 333 g/mol. The maximum atomic E-state index is 11.7. The lowest BCUT2D eigenvalue weighted by Gasteiger charge is -2.17. The number of hydrogen-bond acceptors (Lipinski definition) is 3. The van der Waals surface area contributed by atoms with E-state index in [0.717, 1.165) is 12.0 Å². The Labute approximate surface area is 132 Å². The second-order valence-electron chi connectivity index (χ2n) is 4.53. The predicted molar refractivity (Wildman–Crippen MR) is 82.3 cm³/mol. The van der Waals surface area contributed by atoms with Gasteiger partial charge in [-0.05, 0) is 24.1 Å². The molecule has 3 nitrogen and oxygen atoms in total. The number of nitrogens with zero attached hydrogens (tertiary/aromatic N) is 1. The van der Waals surface area contributed by atoms with E-state index in [1.54, 1.807) is 0 Å². The minimum absolute atomic E-state index is 0.124.